The minimum atomic E-state index is -0.745. The molecule has 138 valence electrons. The summed E-state index contributed by atoms with van der Waals surface area (Å²) in [6.07, 6.45) is 0.222. The van der Waals surface area contributed by atoms with Gasteiger partial charge in [-0.1, -0.05) is 6.92 Å². The zero-order chi connectivity index (χ0) is 18.5. The summed E-state index contributed by atoms with van der Waals surface area (Å²) >= 11 is 0. The van der Waals surface area contributed by atoms with Gasteiger partial charge in [-0.3, -0.25) is 14.6 Å². The molecule has 7 N–H and O–H groups in total. The van der Waals surface area contributed by atoms with Crippen LogP contribution in [0.3, 0.4) is 0 Å². The van der Waals surface area contributed by atoms with Crippen LogP contribution < -0.4 is 15.1 Å². The topological polar surface area (TPSA) is 196 Å². The summed E-state index contributed by atoms with van der Waals surface area (Å²) in [4.78, 5) is 22.9. The summed E-state index contributed by atoms with van der Waals surface area (Å²) in [5.41, 5.74) is 0. The van der Waals surface area contributed by atoms with Gasteiger partial charge < -0.3 is 36.0 Å². The Morgan fingerprint density at radius 2 is 1.29 bits per heavy atom. The van der Waals surface area contributed by atoms with Crippen molar-refractivity contribution in [1.29, 1.82) is 0 Å². The number of aliphatic hydroxyl groups excluding tert-OH is 5. The molecule has 24 heavy (non-hydrogen) atoms. The molecule has 0 saturated heterocycles. The third-order valence-electron chi connectivity index (χ3n) is 2.40. The number of carbonyl (C=O) groups is 1. The standard InChI is InChI=1S/C8H16N6O5.C3H6O2/c15-1-9-6-10-7(13(2-16)3-17)12-8(11-6)14(4-18)5-19;1-2-3(4)5/h15-19H,1-5H2,(H,9,10,11,12);2H2,1H3,(H,4,5). The van der Waals surface area contributed by atoms with E-state index in [2.05, 4.69) is 20.3 Å². The van der Waals surface area contributed by atoms with Gasteiger partial charge in [0.15, 0.2) is 0 Å². The van der Waals surface area contributed by atoms with E-state index in [1.807, 2.05) is 0 Å². The lowest BCUT2D eigenvalue weighted by molar-refractivity contribution is -0.136. The number of carboxylic acid groups (broad SMARTS) is 1. The summed E-state index contributed by atoms with van der Waals surface area (Å²) in [5, 5.41) is 55.0. The van der Waals surface area contributed by atoms with Crippen LogP contribution in [0.2, 0.25) is 0 Å². The van der Waals surface area contributed by atoms with Crippen LogP contribution in [0.1, 0.15) is 13.3 Å². The van der Waals surface area contributed by atoms with Crippen molar-refractivity contribution < 1.29 is 35.4 Å². The van der Waals surface area contributed by atoms with Crippen LogP contribution in [0.25, 0.3) is 0 Å². The largest absolute Gasteiger partial charge is 0.481 e. The number of aromatic nitrogens is 3. The maximum atomic E-state index is 9.37. The van der Waals surface area contributed by atoms with Crippen molar-refractivity contribution in [2.24, 2.45) is 0 Å². The van der Waals surface area contributed by atoms with Crippen LogP contribution >= 0.6 is 0 Å². The quantitative estimate of drug-likeness (QED) is 0.225. The molecule has 0 fully saturated rings. The summed E-state index contributed by atoms with van der Waals surface area (Å²) < 4.78 is 0. The first-order chi connectivity index (χ1) is 11.5. The molecule has 13 heteroatoms. The maximum absolute atomic E-state index is 9.37. The molecule has 0 radical (unpaired) electrons. The second kappa shape index (κ2) is 12.1. The highest BCUT2D eigenvalue weighted by Gasteiger charge is 2.15. The molecule has 1 aromatic heterocycles. The van der Waals surface area contributed by atoms with Gasteiger partial charge in [0.05, 0.1) is 0 Å². The Labute approximate surface area is 137 Å². The molecule has 0 atom stereocenters. The van der Waals surface area contributed by atoms with E-state index in [4.69, 9.17) is 30.6 Å². The van der Waals surface area contributed by atoms with E-state index < -0.39 is 39.6 Å². The van der Waals surface area contributed by atoms with Crippen LogP contribution in [-0.4, -0.2) is 85.2 Å². The minimum Gasteiger partial charge on any atom is -0.481 e. The Kier molecular flexibility index (Phi) is 11.0. The molecule has 13 nitrogen and oxygen atoms in total. The van der Waals surface area contributed by atoms with Crippen LogP contribution in [0.5, 0.6) is 0 Å². The van der Waals surface area contributed by atoms with Gasteiger partial charge >= 0.3 is 5.97 Å². The average Bonchev–Trinajstić information content (AvgIpc) is 2.58. The molecule has 1 heterocycles. The van der Waals surface area contributed by atoms with Crippen molar-refractivity contribution in [3.8, 4) is 0 Å². The number of anilines is 3. The molecule has 0 amide bonds. The number of hydrogen-bond acceptors (Lipinski definition) is 12. The summed E-state index contributed by atoms with van der Waals surface area (Å²) in [7, 11) is 0. The lowest BCUT2D eigenvalue weighted by atomic mass is 10.5. The maximum Gasteiger partial charge on any atom is 0.303 e. The van der Waals surface area contributed by atoms with Crippen molar-refractivity contribution in [2.45, 2.75) is 13.3 Å². The molecule has 0 saturated carbocycles. The molecule has 0 aliphatic heterocycles. The minimum absolute atomic E-state index is 0.0405. The summed E-state index contributed by atoms with van der Waals surface area (Å²) in [5.74, 6) is -0.956. The average molecular weight is 350 g/mol. The molecule has 1 aromatic rings. The van der Waals surface area contributed by atoms with E-state index in [9.17, 15) is 4.79 Å². The summed E-state index contributed by atoms with van der Waals surface area (Å²) in [6.45, 7) is -1.03. The predicted molar refractivity (Wildman–Crippen MR) is 81.8 cm³/mol. The predicted octanol–water partition coefficient (Wildman–Crippen LogP) is -2.87. The van der Waals surface area contributed by atoms with Gasteiger partial charge in [0.1, 0.15) is 33.7 Å². The van der Waals surface area contributed by atoms with E-state index in [0.717, 1.165) is 9.80 Å². The highest BCUT2D eigenvalue weighted by molar-refractivity contribution is 5.66. The first-order valence-corrected chi connectivity index (χ1v) is 6.73. The van der Waals surface area contributed by atoms with Gasteiger partial charge in [0.25, 0.3) is 0 Å². The van der Waals surface area contributed by atoms with Crippen molar-refractivity contribution in [3.05, 3.63) is 0 Å². The van der Waals surface area contributed by atoms with E-state index in [-0.39, 0.29) is 24.3 Å². The molecular formula is C11H22N6O7. The van der Waals surface area contributed by atoms with Crippen molar-refractivity contribution in [1.82, 2.24) is 15.0 Å². The second-order valence-electron chi connectivity index (χ2n) is 3.99. The van der Waals surface area contributed by atoms with E-state index >= 15 is 0 Å². The third kappa shape index (κ3) is 7.30. The molecule has 0 unspecified atom stereocenters. The van der Waals surface area contributed by atoms with E-state index in [1.54, 1.807) is 6.92 Å². The number of aliphatic carboxylic acids is 1. The highest BCUT2D eigenvalue weighted by Crippen LogP contribution is 2.15. The van der Waals surface area contributed by atoms with Gasteiger partial charge in [-0.15, -0.1) is 0 Å². The van der Waals surface area contributed by atoms with Crippen LogP contribution in [-0.2, 0) is 4.79 Å². The molecule has 0 aromatic carbocycles. The van der Waals surface area contributed by atoms with Gasteiger partial charge in [-0.2, -0.15) is 15.0 Å². The Hall–Kier alpha value is -2.32. The number of carboxylic acids is 1. The van der Waals surface area contributed by atoms with Gasteiger partial charge in [0, 0.05) is 6.42 Å². The highest BCUT2D eigenvalue weighted by atomic mass is 16.4. The van der Waals surface area contributed by atoms with Crippen LogP contribution in [0.15, 0.2) is 0 Å². The van der Waals surface area contributed by atoms with Gasteiger partial charge in [-0.05, 0) is 0 Å². The Morgan fingerprint density at radius 1 is 0.917 bits per heavy atom. The van der Waals surface area contributed by atoms with Crippen molar-refractivity contribution in [3.63, 3.8) is 0 Å². The van der Waals surface area contributed by atoms with E-state index in [1.165, 1.54) is 0 Å². The number of aliphatic hydroxyl groups is 5. The first kappa shape index (κ1) is 21.7. The fraction of sp³-hybridized carbons (Fsp3) is 0.636. The Bertz CT molecular complexity index is 454. The third-order valence-corrected chi connectivity index (χ3v) is 2.40. The lowest BCUT2D eigenvalue weighted by Crippen LogP contribution is -2.31. The zero-order valence-corrected chi connectivity index (χ0v) is 13.1. The van der Waals surface area contributed by atoms with Crippen molar-refractivity contribution in [2.75, 3.05) is 48.8 Å². The second-order valence-corrected chi connectivity index (χ2v) is 3.99. The number of nitrogens with one attached hydrogen (secondary N) is 1. The van der Waals surface area contributed by atoms with Gasteiger partial charge in [0.2, 0.25) is 17.8 Å². The van der Waals surface area contributed by atoms with Gasteiger partial charge in [-0.25, -0.2) is 0 Å². The zero-order valence-electron chi connectivity index (χ0n) is 13.1. The number of nitrogens with zero attached hydrogens (tertiary/aromatic N) is 5. The van der Waals surface area contributed by atoms with Crippen LogP contribution in [0, 0.1) is 0 Å². The number of rotatable bonds is 9. The first-order valence-electron chi connectivity index (χ1n) is 6.73. The fourth-order valence-electron chi connectivity index (χ4n) is 1.13. The monoisotopic (exact) mass is 350 g/mol. The normalized spacial score (nSPS) is 9.75. The molecule has 1 rings (SSSR count). The molecule has 0 spiro atoms. The summed E-state index contributed by atoms with van der Waals surface area (Å²) in [6, 6.07) is 0. The molecule has 0 bridgehead atoms. The van der Waals surface area contributed by atoms with Crippen LogP contribution in [0.4, 0.5) is 17.8 Å². The SMILES string of the molecule is CCC(=O)O.OCNc1nc(N(CO)CO)nc(N(CO)CO)n1. The fourth-order valence-corrected chi connectivity index (χ4v) is 1.13. The smallest absolute Gasteiger partial charge is 0.303 e. The molecular weight excluding hydrogens is 328 g/mol. The van der Waals surface area contributed by atoms with Crippen molar-refractivity contribution >= 4 is 23.8 Å². The van der Waals surface area contributed by atoms with E-state index in [0.29, 0.717) is 0 Å². The Balaban J connectivity index is 0.000000922. The lowest BCUT2D eigenvalue weighted by Gasteiger charge is -2.21. The Morgan fingerprint density at radius 3 is 1.54 bits per heavy atom. The molecule has 0 aliphatic rings. The number of hydrogen-bond donors (Lipinski definition) is 7. The molecule has 0 aliphatic carbocycles.